The molecule has 0 atom stereocenters. The number of aromatic nitrogens is 1. The third kappa shape index (κ3) is 6.06. The maximum Gasteiger partial charge on any atom is 0.208 e. The molecule has 2 rings (SSSR count). The molecule has 1 aromatic carbocycles. The zero-order valence-electron chi connectivity index (χ0n) is 12.4. The summed E-state index contributed by atoms with van der Waals surface area (Å²) in [5.41, 5.74) is 7.91. The Balaban J connectivity index is 0.00000200. The third-order valence-electron chi connectivity index (χ3n) is 3.13. The molecule has 0 fully saturated rings. The highest BCUT2D eigenvalue weighted by atomic mass is 35.5. The first kappa shape index (κ1) is 19.9. The number of rotatable bonds is 6. The van der Waals surface area contributed by atoms with Gasteiger partial charge in [0, 0.05) is 19.6 Å². The fourth-order valence-corrected chi connectivity index (χ4v) is 2.04. The van der Waals surface area contributed by atoms with Crippen LogP contribution in [0, 0.1) is 13.8 Å². The number of oxazole rings is 1. The second-order valence-electron chi connectivity index (χ2n) is 4.73. The van der Waals surface area contributed by atoms with Crippen LogP contribution in [0.2, 0.25) is 0 Å². The normalized spacial score (nSPS) is 10.1. The highest BCUT2D eigenvalue weighted by Crippen LogP contribution is 2.12. The predicted molar refractivity (Wildman–Crippen MR) is 90.1 cm³/mol. The molecule has 0 bridgehead atoms. The van der Waals surface area contributed by atoms with Crippen LogP contribution in [0.15, 0.2) is 34.7 Å². The average molecular weight is 332 g/mol. The number of nitrogens with two attached hydrogens (primary N) is 1. The minimum Gasteiger partial charge on any atom is -0.444 e. The Bertz CT molecular complexity index is 497. The molecular weight excluding hydrogens is 309 g/mol. The van der Waals surface area contributed by atoms with Crippen molar-refractivity contribution in [3.8, 4) is 0 Å². The van der Waals surface area contributed by atoms with Gasteiger partial charge in [-0.1, -0.05) is 30.3 Å². The average Bonchev–Trinajstić information content (AvgIpc) is 2.70. The van der Waals surface area contributed by atoms with Crippen molar-refractivity contribution in [1.29, 1.82) is 0 Å². The fraction of sp³-hybridized carbons (Fsp3) is 0.400. The highest BCUT2D eigenvalue weighted by molar-refractivity contribution is 5.85. The van der Waals surface area contributed by atoms with Gasteiger partial charge in [0.15, 0.2) is 0 Å². The maximum atomic E-state index is 5.68. The summed E-state index contributed by atoms with van der Waals surface area (Å²) < 4.78 is 5.64. The van der Waals surface area contributed by atoms with Gasteiger partial charge in [-0.3, -0.25) is 4.90 Å². The fourth-order valence-electron chi connectivity index (χ4n) is 2.04. The Labute approximate surface area is 138 Å². The number of hydrogen-bond acceptors (Lipinski definition) is 4. The zero-order chi connectivity index (χ0) is 13.7. The number of halogens is 2. The standard InChI is InChI=1S/C15H21N3O.2ClH/c1-12-13(2)19-15(17-12)11-18(9-8-16)10-14-6-4-3-5-7-14;;/h3-7H,8-11,16H2,1-2H3;2*1H. The van der Waals surface area contributed by atoms with Crippen LogP contribution in [0.1, 0.15) is 22.9 Å². The lowest BCUT2D eigenvalue weighted by atomic mass is 10.2. The van der Waals surface area contributed by atoms with Crippen molar-refractivity contribution in [2.24, 2.45) is 5.73 Å². The van der Waals surface area contributed by atoms with Gasteiger partial charge in [-0.15, -0.1) is 24.8 Å². The van der Waals surface area contributed by atoms with Crippen LogP contribution in [0.4, 0.5) is 0 Å². The smallest absolute Gasteiger partial charge is 0.208 e. The lowest BCUT2D eigenvalue weighted by Gasteiger charge is -2.19. The third-order valence-corrected chi connectivity index (χ3v) is 3.13. The van der Waals surface area contributed by atoms with Gasteiger partial charge in [0.1, 0.15) is 5.76 Å². The van der Waals surface area contributed by atoms with Gasteiger partial charge < -0.3 is 10.2 Å². The SMILES string of the molecule is Cc1nc(CN(CCN)Cc2ccccc2)oc1C.Cl.Cl. The first-order valence-electron chi connectivity index (χ1n) is 6.58. The molecule has 0 spiro atoms. The van der Waals surface area contributed by atoms with Crippen molar-refractivity contribution >= 4 is 24.8 Å². The molecule has 0 unspecified atom stereocenters. The van der Waals surface area contributed by atoms with Gasteiger partial charge in [-0.2, -0.15) is 0 Å². The number of nitrogens with zero attached hydrogens (tertiary/aromatic N) is 2. The number of hydrogen-bond donors (Lipinski definition) is 1. The molecule has 1 aromatic heterocycles. The molecule has 21 heavy (non-hydrogen) atoms. The summed E-state index contributed by atoms with van der Waals surface area (Å²) in [5, 5.41) is 0. The van der Waals surface area contributed by atoms with Gasteiger partial charge in [-0.25, -0.2) is 4.98 Å². The van der Waals surface area contributed by atoms with E-state index in [-0.39, 0.29) is 24.8 Å². The van der Waals surface area contributed by atoms with Gasteiger partial charge >= 0.3 is 0 Å². The van der Waals surface area contributed by atoms with Gasteiger partial charge in [0.25, 0.3) is 0 Å². The number of benzene rings is 1. The highest BCUT2D eigenvalue weighted by Gasteiger charge is 2.11. The molecule has 6 heteroatoms. The van der Waals surface area contributed by atoms with E-state index in [1.807, 2.05) is 19.9 Å². The summed E-state index contributed by atoms with van der Waals surface area (Å²) in [5.74, 6) is 1.65. The molecule has 1 heterocycles. The van der Waals surface area contributed by atoms with E-state index >= 15 is 0 Å². The summed E-state index contributed by atoms with van der Waals surface area (Å²) in [6, 6.07) is 10.4. The Morgan fingerprint density at radius 1 is 1.10 bits per heavy atom. The quantitative estimate of drug-likeness (QED) is 0.883. The lowest BCUT2D eigenvalue weighted by Crippen LogP contribution is -2.28. The Hall–Kier alpha value is -1.07. The van der Waals surface area contributed by atoms with E-state index in [0.717, 1.165) is 30.4 Å². The van der Waals surface area contributed by atoms with Crippen LogP contribution >= 0.6 is 24.8 Å². The Kier molecular flexibility index (Phi) is 9.29. The summed E-state index contributed by atoms with van der Waals surface area (Å²) in [6.07, 6.45) is 0. The van der Waals surface area contributed by atoms with Gasteiger partial charge in [0.2, 0.25) is 5.89 Å². The van der Waals surface area contributed by atoms with Crippen LogP contribution in [-0.4, -0.2) is 23.0 Å². The van der Waals surface area contributed by atoms with Crippen molar-refractivity contribution in [2.75, 3.05) is 13.1 Å². The molecular formula is C15H23Cl2N3O. The maximum absolute atomic E-state index is 5.68. The van der Waals surface area contributed by atoms with Crippen LogP contribution in [0.5, 0.6) is 0 Å². The number of aryl methyl sites for hydroxylation is 2. The van der Waals surface area contributed by atoms with E-state index in [1.165, 1.54) is 5.56 Å². The van der Waals surface area contributed by atoms with Crippen molar-refractivity contribution in [1.82, 2.24) is 9.88 Å². The van der Waals surface area contributed by atoms with E-state index < -0.39 is 0 Å². The van der Waals surface area contributed by atoms with E-state index in [2.05, 4.69) is 34.1 Å². The minimum absolute atomic E-state index is 0. The monoisotopic (exact) mass is 331 g/mol. The van der Waals surface area contributed by atoms with Crippen molar-refractivity contribution < 1.29 is 4.42 Å². The lowest BCUT2D eigenvalue weighted by molar-refractivity contribution is 0.235. The molecule has 0 saturated heterocycles. The molecule has 0 aliphatic carbocycles. The molecule has 0 aliphatic rings. The molecule has 2 N–H and O–H groups in total. The van der Waals surface area contributed by atoms with Crippen LogP contribution < -0.4 is 5.73 Å². The Morgan fingerprint density at radius 3 is 2.29 bits per heavy atom. The molecule has 4 nitrogen and oxygen atoms in total. The van der Waals surface area contributed by atoms with Crippen molar-refractivity contribution in [2.45, 2.75) is 26.9 Å². The van der Waals surface area contributed by atoms with Gasteiger partial charge in [0.05, 0.1) is 12.2 Å². The first-order valence-corrected chi connectivity index (χ1v) is 6.58. The molecule has 2 aromatic rings. The minimum atomic E-state index is 0. The largest absolute Gasteiger partial charge is 0.444 e. The summed E-state index contributed by atoms with van der Waals surface area (Å²) in [7, 11) is 0. The topological polar surface area (TPSA) is 55.3 Å². The summed E-state index contributed by atoms with van der Waals surface area (Å²) in [6.45, 7) is 6.92. The summed E-state index contributed by atoms with van der Waals surface area (Å²) >= 11 is 0. The predicted octanol–water partition coefficient (Wildman–Crippen LogP) is 3.10. The van der Waals surface area contributed by atoms with Crippen LogP contribution in [0.3, 0.4) is 0 Å². The van der Waals surface area contributed by atoms with E-state index in [0.29, 0.717) is 13.1 Å². The Morgan fingerprint density at radius 2 is 1.76 bits per heavy atom. The van der Waals surface area contributed by atoms with Gasteiger partial charge in [-0.05, 0) is 19.4 Å². The first-order chi connectivity index (χ1) is 9.19. The molecule has 0 saturated carbocycles. The second kappa shape index (κ2) is 9.79. The zero-order valence-corrected chi connectivity index (χ0v) is 14.0. The van der Waals surface area contributed by atoms with E-state index in [9.17, 15) is 0 Å². The summed E-state index contributed by atoms with van der Waals surface area (Å²) in [4.78, 5) is 6.67. The second-order valence-corrected chi connectivity index (χ2v) is 4.73. The molecule has 118 valence electrons. The van der Waals surface area contributed by atoms with Crippen molar-refractivity contribution in [3.05, 3.63) is 53.2 Å². The van der Waals surface area contributed by atoms with Crippen LogP contribution in [-0.2, 0) is 13.1 Å². The van der Waals surface area contributed by atoms with E-state index in [1.54, 1.807) is 0 Å². The molecule has 0 aliphatic heterocycles. The van der Waals surface area contributed by atoms with Crippen LogP contribution in [0.25, 0.3) is 0 Å². The van der Waals surface area contributed by atoms with Crippen molar-refractivity contribution in [3.63, 3.8) is 0 Å². The van der Waals surface area contributed by atoms with E-state index in [4.69, 9.17) is 10.2 Å². The molecule has 0 amide bonds. The molecule has 0 radical (unpaired) electrons.